The standard InChI is InChI=1S/C24H30N4O4/c1-17(2)25-23(30)18-11-13-28(14-12-18)24(31)27-20-9-6-10-21(15-20)32-16-22(29)26-19-7-4-3-5-8-19/h3-10,15,17-18H,11-14,16H2,1-2H3,(H,25,30)(H,26,29)(H,27,31). The van der Waals surface area contributed by atoms with E-state index in [1.807, 2.05) is 32.0 Å². The third-order valence-electron chi connectivity index (χ3n) is 5.10. The highest BCUT2D eigenvalue weighted by Gasteiger charge is 2.27. The van der Waals surface area contributed by atoms with E-state index in [1.54, 1.807) is 41.3 Å². The Labute approximate surface area is 188 Å². The molecular weight excluding hydrogens is 408 g/mol. The number of nitrogens with one attached hydrogen (secondary N) is 3. The van der Waals surface area contributed by atoms with Crippen LogP contribution in [0.3, 0.4) is 0 Å². The molecule has 4 amide bonds. The van der Waals surface area contributed by atoms with Crippen LogP contribution in [0.4, 0.5) is 16.2 Å². The molecule has 170 valence electrons. The number of piperidine rings is 1. The van der Waals surface area contributed by atoms with Crippen molar-refractivity contribution in [1.29, 1.82) is 0 Å². The Bertz CT molecular complexity index is 925. The SMILES string of the molecule is CC(C)NC(=O)C1CCN(C(=O)Nc2cccc(OCC(=O)Nc3ccccc3)c2)CC1. The zero-order chi connectivity index (χ0) is 22.9. The summed E-state index contributed by atoms with van der Waals surface area (Å²) < 4.78 is 5.56. The third kappa shape index (κ3) is 7.01. The molecule has 3 N–H and O–H groups in total. The van der Waals surface area contributed by atoms with Crippen molar-refractivity contribution in [1.82, 2.24) is 10.2 Å². The van der Waals surface area contributed by atoms with Crippen LogP contribution in [-0.4, -0.2) is 48.5 Å². The summed E-state index contributed by atoms with van der Waals surface area (Å²) in [5.41, 5.74) is 1.28. The minimum absolute atomic E-state index is 0.0554. The fraction of sp³-hybridized carbons (Fsp3) is 0.375. The van der Waals surface area contributed by atoms with Gasteiger partial charge in [-0.15, -0.1) is 0 Å². The Morgan fingerprint density at radius 2 is 1.66 bits per heavy atom. The lowest BCUT2D eigenvalue weighted by Crippen LogP contribution is -2.45. The predicted molar refractivity (Wildman–Crippen MR) is 124 cm³/mol. The van der Waals surface area contributed by atoms with Crippen LogP contribution in [-0.2, 0) is 9.59 Å². The maximum atomic E-state index is 12.6. The summed E-state index contributed by atoms with van der Waals surface area (Å²) in [5, 5.41) is 8.55. The van der Waals surface area contributed by atoms with Crippen LogP contribution in [0.25, 0.3) is 0 Å². The lowest BCUT2D eigenvalue weighted by atomic mass is 9.96. The Morgan fingerprint density at radius 1 is 0.969 bits per heavy atom. The van der Waals surface area contributed by atoms with Gasteiger partial charge < -0.3 is 25.6 Å². The van der Waals surface area contributed by atoms with E-state index in [0.717, 1.165) is 0 Å². The first-order valence-corrected chi connectivity index (χ1v) is 10.8. The Balaban J connectivity index is 1.45. The summed E-state index contributed by atoms with van der Waals surface area (Å²) in [6.07, 6.45) is 1.29. The topological polar surface area (TPSA) is 99.8 Å². The molecule has 2 aromatic carbocycles. The number of hydrogen-bond acceptors (Lipinski definition) is 4. The van der Waals surface area contributed by atoms with Crippen LogP contribution in [0.5, 0.6) is 5.75 Å². The van der Waals surface area contributed by atoms with E-state index in [9.17, 15) is 14.4 Å². The van der Waals surface area contributed by atoms with Gasteiger partial charge >= 0.3 is 6.03 Å². The number of ether oxygens (including phenoxy) is 1. The first-order valence-electron chi connectivity index (χ1n) is 10.8. The van der Waals surface area contributed by atoms with E-state index in [0.29, 0.717) is 43.1 Å². The summed E-state index contributed by atoms with van der Waals surface area (Å²) in [6, 6.07) is 16.0. The number of rotatable bonds is 7. The van der Waals surface area contributed by atoms with Gasteiger partial charge in [0.2, 0.25) is 5.91 Å². The van der Waals surface area contributed by atoms with Gasteiger partial charge in [0, 0.05) is 42.5 Å². The highest BCUT2D eigenvalue weighted by molar-refractivity contribution is 5.92. The molecule has 8 nitrogen and oxygen atoms in total. The Kier molecular flexibility index (Phi) is 8.08. The molecule has 0 radical (unpaired) electrons. The molecule has 1 saturated heterocycles. The van der Waals surface area contributed by atoms with Crippen LogP contribution >= 0.6 is 0 Å². The number of urea groups is 1. The third-order valence-corrected chi connectivity index (χ3v) is 5.10. The summed E-state index contributed by atoms with van der Waals surface area (Å²) in [5.74, 6) is 0.214. The number of nitrogens with zero attached hydrogens (tertiary/aromatic N) is 1. The van der Waals surface area contributed by atoms with E-state index in [2.05, 4.69) is 16.0 Å². The zero-order valence-corrected chi connectivity index (χ0v) is 18.5. The van der Waals surface area contributed by atoms with Crippen LogP contribution in [0.1, 0.15) is 26.7 Å². The van der Waals surface area contributed by atoms with Crippen molar-refractivity contribution in [3.05, 3.63) is 54.6 Å². The first kappa shape index (κ1) is 23.1. The largest absolute Gasteiger partial charge is 0.484 e. The highest BCUT2D eigenvalue weighted by atomic mass is 16.5. The molecule has 0 atom stereocenters. The summed E-state index contributed by atoms with van der Waals surface area (Å²) in [7, 11) is 0. The van der Waals surface area contributed by atoms with Crippen molar-refractivity contribution in [3.8, 4) is 5.75 Å². The molecule has 1 heterocycles. The minimum atomic E-state index is -0.269. The summed E-state index contributed by atoms with van der Waals surface area (Å²) >= 11 is 0. The minimum Gasteiger partial charge on any atom is -0.484 e. The van der Waals surface area contributed by atoms with E-state index < -0.39 is 0 Å². The van der Waals surface area contributed by atoms with E-state index in [1.165, 1.54) is 0 Å². The van der Waals surface area contributed by atoms with Crippen molar-refractivity contribution in [2.75, 3.05) is 30.3 Å². The lowest BCUT2D eigenvalue weighted by molar-refractivity contribution is -0.126. The average molecular weight is 439 g/mol. The second-order valence-electron chi connectivity index (χ2n) is 8.09. The van der Waals surface area contributed by atoms with Crippen LogP contribution in [0, 0.1) is 5.92 Å². The van der Waals surface area contributed by atoms with Gasteiger partial charge in [0.15, 0.2) is 6.61 Å². The monoisotopic (exact) mass is 438 g/mol. The number of anilines is 2. The quantitative estimate of drug-likeness (QED) is 0.616. The number of likely N-dealkylation sites (tertiary alicyclic amines) is 1. The predicted octanol–water partition coefficient (Wildman–Crippen LogP) is 3.47. The number of carbonyl (C=O) groups is 3. The molecule has 0 spiro atoms. The maximum Gasteiger partial charge on any atom is 0.321 e. The second-order valence-corrected chi connectivity index (χ2v) is 8.09. The van der Waals surface area contributed by atoms with Crippen LogP contribution < -0.4 is 20.7 Å². The molecule has 1 aliphatic heterocycles. The normalized spacial score (nSPS) is 14.0. The maximum absolute atomic E-state index is 12.6. The Hall–Kier alpha value is -3.55. The van der Waals surface area contributed by atoms with Gasteiger partial charge in [-0.05, 0) is 51.0 Å². The van der Waals surface area contributed by atoms with Crippen molar-refractivity contribution >= 4 is 29.2 Å². The van der Waals surface area contributed by atoms with Gasteiger partial charge in [-0.1, -0.05) is 24.3 Å². The van der Waals surface area contributed by atoms with E-state index in [4.69, 9.17) is 4.74 Å². The van der Waals surface area contributed by atoms with Gasteiger partial charge in [0.25, 0.3) is 5.91 Å². The molecule has 32 heavy (non-hydrogen) atoms. The highest BCUT2D eigenvalue weighted by Crippen LogP contribution is 2.21. The second kappa shape index (κ2) is 11.2. The number of hydrogen-bond donors (Lipinski definition) is 3. The molecule has 8 heteroatoms. The zero-order valence-electron chi connectivity index (χ0n) is 18.5. The molecule has 0 unspecified atom stereocenters. The Morgan fingerprint density at radius 3 is 2.34 bits per heavy atom. The number of benzene rings is 2. The molecule has 2 aromatic rings. The molecule has 0 saturated carbocycles. The molecule has 0 bridgehead atoms. The fourth-order valence-corrected chi connectivity index (χ4v) is 3.48. The van der Waals surface area contributed by atoms with Gasteiger partial charge in [-0.3, -0.25) is 9.59 Å². The summed E-state index contributed by atoms with van der Waals surface area (Å²) in [4.78, 5) is 38.5. The average Bonchev–Trinajstić information content (AvgIpc) is 2.78. The fourth-order valence-electron chi connectivity index (χ4n) is 3.48. The molecule has 1 aliphatic rings. The number of amides is 4. The number of para-hydroxylation sites is 1. The number of carbonyl (C=O) groups excluding carboxylic acids is 3. The van der Waals surface area contributed by atoms with E-state index in [-0.39, 0.29) is 36.4 Å². The smallest absolute Gasteiger partial charge is 0.321 e. The van der Waals surface area contributed by atoms with Crippen molar-refractivity contribution in [2.45, 2.75) is 32.7 Å². The van der Waals surface area contributed by atoms with Gasteiger partial charge in [0.1, 0.15) is 5.75 Å². The molecule has 0 aliphatic carbocycles. The van der Waals surface area contributed by atoms with E-state index >= 15 is 0 Å². The molecular formula is C24H30N4O4. The lowest BCUT2D eigenvalue weighted by Gasteiger charge is -2.31. The van der Waals surface area contributed by atoms with Gasteiger partial charge in [-0.25, -0.2) is 4.79 Å². The van der Waals surface area contributed by atoms with Crippen molar-refractivity contribution in [3.63, 3.8) is 0 Å². The summed E-state index contributed by atoms with van der Waals surface area (Å²) in [6.45, 7) is 4.79. The van der Waals surface area contributed by atoms with Crippen molar-refractivity contribution in [2.24, 2.45) is 5.92 Å². The molecule has 3 rings (SSSR count). The molecule has 0 aromatic heterocycles. The van der Waals surface area contributed by atoms with Gasteiger partial charge in [0.05, 0.1) is 0 Å². The first-order chi connectivity index (χ1) is 15.4. The van der Waals surface area contributed by atoms with Gasteiger partial charge in [-0.2, -0.15) is 0 Å². The van der Waals surface area contributed by atoms with Crippen LogP contribution in [0.15, 0.2) is 54.6 Å². The molecule has 1 fully saturated rings. The van der Waals surface area contributed by atoms with Crippen LogP contribution in [0.2, 0.25) is 0 Å². The van der Waals surface area contributed by atoms with Crippen molar-refractivity contribution < 1.29 is 19.1 Å².